The number of pyridine rings is 3. The molecule has 0 aliphatic heterocycles. The maximum Gasteiger partial charge on any atom is 0.116 e. The molecule has 0 amide bonds. The zero-order valence-corrected chi connectivity index (χ0v) is 29.9. The first-order valence-corrected chi connectivity index (χ1v) is 18.0. The lowest BCUT2D eigenvalue weighted by Crippen LogP contribution is -1.93. The van der Waals surface area contributed by atoms with E-state index in [1.54, 1.807) is 0 Å². The zero-order valence-electron chi connectivity index (χ0n) is 29.9. The van der Waals surface area contributed by atoms with E-state index in [0.717, 1.165) is 84.8 Å². The maximum atomic E-state index is 11.2. The van der Waals surface area contributed by atoms with Crippen LogP contribution in [0.1, 0.15) is 28.1 Å². The van der Waals surface area contributed by atoms with Crippen LogP contribution in [-0.2, 0) is 6.42 Å². The van der Waals surface area contributed by atoms with Crippen molar-refractivity contribution in [1.82, 2.24) is 15.0 Å². The minimum atomic E-state index is 0.221. The van der Waals surface area contributed by atoms with Crippen molar-refractivity contribution in [3.63, 3.8) is 0 Å². The van der Waals surface area contributed by atoms with Crippen LogP contribution < -0.4 is 0 Å². The Morgan fingerprint density at radius 2 is 1.09 bits per heavy atom. The Kier molecular flexibility index (Phi) is 8.01. The summed E-state index contributed by atoms with van der Waals surface area (Å²) in [7, 11) is 0. The third kappa shape index (κ3) is 5.98. The van der Waals surface area contributed by atoms with Crippen molar-refractivity contribution in [3.05, 3.63) is 180 Å². The van der Waals surface area contributed by atoms with Crippen molar-refractivity contribution in [2.24, 2.45) is 0 Å². The van der Waals surface area contributed by atoms with E-state index in [-0.39, 0.29) is 5.75 Å². The van der Waals surface area contributed by atoms with Crippen molar-refractivity contribution in [3.8, 4) is 83.9 Å². The molecule has 0 fully saturated rings. The Hall–Kier alpha value is -6.65. The van der Waals surface area contributed by atoms with Crippen molar-refractivity contribution in [1.29, 1.82) is 0 Å². The van der Waals surface area contributed by atoms with Crippen LogP contribution in [-0.4, -0.2) is 20.1 Å². The van der Waals surface area contributed by atoms with E-state index in [9.17, 15) is 5.11 Å². The van der Waals surface area contributed by atoms with Gasteiger partial charge >= 0.3 is 0 Å². The van der Waals surface area contributed by atoms with Crippen LogP contribution in [0.3, 0.4) is 0 Å². The summed E-state index contributed by atoms with van der Waals surface area (Å²) in [5.41, 5.74) is 20.7. The van der Waals surface area contributed by atoms with Crippen molar-refractivity contribution in [2.75, 3.05) is 0 Å². The lowest BCUT2D eigenvalue weighted by molar-refractivity contribution is 0.476. The first-order chi connectivity index (χ1) is 25.9. The molecule has 4 nitrogen and oxygen atoms in total. The fourth-order valence-corrected chi connectivity index (χ4v) is 7.70. The van der Waals surface area contributed by atoms with E-state index in [1.165, 1.54) is 27.8 Å². The Morgan fingerprint density at radius 1 is 0.453 bits per heavy atom. The quantitative estimate of drug-likeness (QED) is 0.189. The van der Waals surface area contributed by atoms with E-state index >= 15 is 0 Å². The second kappa shape index (κ2) is 13.2. The topological polar surface area (TPSA) is 58.9 Å². The van der Waals surface area contributed by atoms with Crippen LogP contribution in [0.25, 0.3) is 78.1 Å². The predicted molar refractivity (Wildman–Crippen MR) is 217 cm³/mol. The highest BCUT2D eigenvalue weighted by atomic mass is 16.3. The third-order valence-electron chi connectivity index (χ3n) is 10.5. The molecule has 1 aliphatic rings. The van der Waals surface area contributed by atoms with Crippen LogP contribution in [0.4, 0.5) is 0 Å². The lowest BCUT2D eigenvalue weighted by Gasteiger charge is -2.17. The summed E-state index contributed by atoms with van der Waals surface area (Å²) < 4.78 is 0. The third-order valence-corrected chi connectivity index (χ3v) is 10.5. The molecule has 0 spiro atoms. The smallest absolute Gasteiger partial charge is 0.116 e. The molecule has 0 atom stereocenters. The van der Waals surface area contributed by atoms with Crippen molar-refractivity contribution >= 4 is 0 Å². The van der Waals surface area contributed by atoms with Gasteiger partial charge in [0, 0.05) is 46.8 Å². The number of aromatic hydroxyl groups is 1. The molecule has 1 aliphatic carbocycles. The van der Waals surface area contributed by atoms with E-state index in [1.807, 2.05) is 49.6 Å². The number of aromatic nitrogens is 3. The van der Waals surface area contributed by atoms with E-state index < -0.39 is 0 Å². The number of phenolic OH excluding ortho intramolecular Hbond substituents is 1. The van der Waals surface area contributed by atoms with Crippen molar-refractivity contribution in [2.45, 2.75) is 27.2 Å². The largest absolute Gasteiger partial charge is 0.508 e. The first kappa shape index (κ1) is 32.3. The van der Waals surface area contributed by atoms with Gasteiger partial charge in [0.15, 0.2) is 0 Å². The van der Waals surface area contributed by atoms with E-state index in [2.05, 4.69) is 128 Å². The van der Waals surface area contributed by atoms with Gasteiger partial charge in [-0.3, -0.25) is 15.0 Å². The minimum Gasteiger partial charge on any atom is -0.508 e. The molecule has 0 radical (unpaired) electrons. The van der Waals surface area contributed by atoms with Gasteiger partial charge in [0.25, 0.3) is 0 Å². The van der Waals surface area contributed by atoms with Gasteiger partial charge in [-0.1, -0.05) is 97.1 Å². The van der Waals surface area contributed by atoms with Crippen LogP contribution in [0.2, 0.25) is 0 Å². The summed E-state index contributed by atoms with van der Waals surface area (Å²) in [6.45, 7) is 6.34. The van der Waals surface area contributed by atoms with Crippen LogP contribution in [0.5, 0.6) is 5.75 Å². The van der Waals surface area contributed by atoms with Gasteiger partial charge in [0.1, 0.15) is 5.75 Å². The van der Waals surface area contributed by atoms with Crippen molar-refractivity contribution < 1.29 is 5.11 Å². The Labute approximate surface area is 310 Å². The maximum absolute atomic E-state index is 11.2. The average molecular weight is 684 g/mol. The van der Waals surface area contributed by atoms with Crippen LogP contribution in [0.15, 0.2) is 152 Å². The molecule has 8 aromatic rings. The summed E-state index contributed by atoms with van der Waals surface area (Å²) in [6, 6.07) is 48.3. The summed E-state index contributed by atoms with van der Waals surface area (Å²) in [4.78, 5) is 14.4. The molecule has 0 unspecified atom stereocenters. The number of hydrogen-bond acceptors (Lipinski definition) is 4. The van der Waals surface area contributed by atoms with Gasteiger partial charge in [0.05, 0.1) is 17.1 Å². The second-order valence-corrected chi connectivity index (χ2v) is 14.0. The number of hydrogen-bond donors (Lipinski definition) is 1. The fraction of sp³-hybridized carbons (Fsp3) is 0.0816. The second-order valence-electron chi connectivity index (χ2n) is 14.0. The monoisotopic (exact) mass is 683 g/mol. The highest BCUT2D eigenvalue weighted by molar-refractivity contribution is 5.91. The van der Waals surface area contributed by atoms with Gasteiger partial charge in [0.2, 0.25) is 0 Å². The molecule has 9 rings (SSSR count). The Balaban J connectivity index is 1.08. The van der Waals surface area contributed by atoms with Gasteiger partial charge < -0.3 is 5.11 Å². The molecular weight excluding hydrogens is 647 g/mol. The molecular formula is C49H37N3O. The van der Waals surface area contributed by atoms with Crippen LogP contribution >= 0.6 is 0 Å². The van der Waals surface area contributed by atoms with E-state index in [0.29, 0.717) is 0 Å². The molecule has 3 heterocycles. The molecule has 53 heavy (non-hydrogen) atoms. The fourth-order valence-electron chi connectivity index (χ4n) is 7.70. The Bertz CT molecular complexity index is 2660. The van der Waals surface area contributed by atoms with Gasteiger partial charge in [-0.05, 0) is 124 Å². The van der Waals surface area contributed by atoms with E-state index in [4.69, 9.17) is 9.97 Å². The molecule has 5 aromatic carbocycles. The summed E-state index contributed by atoms with van der Waals surface area (Å²) >= 11 is 0. The lowest BCUT2D eigenvalue weighted by atomic mass is 9.88. The number of nitrogens with zero attached hydrogens (tertiary/aromatic N) is 3. The van der Waals surface area contributed by atoms with Gasteiger partial charge in [-0.15, -0.1) is 0 Å². The number of benzene rings is 5. The zero-order chi connectivity index (χ0) is 36.1. The molecule has 0 saturated carbocycles. The number of rotatable bonds is 6. The highest BCUT2D eigenvalue weighted by Gasteiger charge is 2.23. The normalized spacial score (nSPS) is 11.7. The molecule has 0 saturated heterocycles. The predicted octanol–water partition coefficient (Wildman–Crippen LogP) is 12.1. The minimum absolute atomic E-state index is 0.221. The molecule has 0 bridgehead atoms. The van der Waals surface area contributed by atoms with Gasteiger partial charge in [-0.2, -0.15) is 0 Å². The molecule has 254 valence electrons. The molecule has 4 heteroatoms. The number of aryl methyl sites for hydroxylation is 3. The van der Waals surface area contributed by atoms with Gasteiger partial charge in [-0.25, -0.2) is 0 Å². The number of fused-ring (bicyclic) bond motifs is 3. The van der Waals surface area contributed by atoms with Crippen LogP contribution in [0, 0.1) is 20.8 Å². The molecule has 3 aromatic heterocycles. The SMILES string of the molecule is Cc1ccc2c(n1)Cc1c(-c3ccc(-c4ccccc4-c4cc(O)cc(-c5cc(C)c(C)cc5-c5ccc(-c6ccccn6)cc5)c4)cn3)cccc1-2. The standard InChI is InChI=1S/C49H37N3O/c1-30-23-44(33-15-17-34(18-16-33)47-13-6-7-22-50-47)45(24-31(30)2)37-25-36(26-38(53)27-37)40-10-5-4-9-39(40)35-19-21-48(51-29-35)42-12-8-11-41-43-20-14-32(3)52-49(43)28-46(41)42/h4-27,29,53H,28H2,1-3H3. The average Bonchev–Trinajstić information content (AvgIpc) is 3.57. The number of phenols is 1. The summed E-state index contributed by atoms with van der Waals surface area (Å²) in [5.74, 6) is 0.221. The summed E-state index contributed by atoms with van der Waals surface area (Å²) in [5, 5.41) is 11.2. The molecule has 1 N–H and O–H groups in total. The highest BCUT2D eigenvalue weighted by Crippen LogP contribution is 2.43. The Morgan fingerprint density at radius 3 is 1.81 bits per heavy atom. The summed E-state index contributed by atoms with van der Waals surface area (Å²) in [6.07, 6.45) is 4.60. The first-order valence-electron chi connectivity index (χ1n) is 18.0.